The van der Waals surface area contributed by atoms with Gasteiger partial charge in [-0.3, -0.25) is 4.99 Å². The van der Waals surface area contributed by atoms with Gasteiger partial charge in [-0.25, -0.2) is 0 Å². The zero-order chi connectivity index (χ0) is 18.8. The topological polar surface area (TPSA) is 49.3 Å². The Morgan fingerprint density at radius 3 is 2.81 bits per heavy atom. The molecular formula is C20H34N4O2. The van der Waals surface area contributed by atoms with Crippen molar-refractivity contribution < 1.29 is 9.47 Å². The lowest BCUT2D eigenvalue weighted by molar-refractivity contribution is 0.0536. The summed E-state index contributed by atoms with van der Waals surface area (Å²) >= 11 is 0. The number of guanidine groups is 1. The molecule has 1 aliphatic heterocycles. The first-order chi connectivity index (χ1) is 12.7. The first kappa shape index (κ1) is 20.5. The molecule has 2 unspecified atom stereocenters. The molecule has 0 aliphatic carbocycles. The van der Waals surface area contributed by atoms with Gasteiger partial charge in [-0.15, -0.1) is 0 Å². The van der Waals surface area contributed by atoms with Crippen molar-refractivity contribution in [1.82, 2.24) is 10.2 Å². The molecule has 0 spiro atoms. The van der Waals surface area contributed by atoms with E-state index in [-0.39, 0.29) is 0 Å². The number of hydrogen-bond donors (Lipinski definition) is 1. The molecule has 1 heterocycles. The Hall–Kier alpha value is -1.79. The Morgan fingerprint density at radius 2 is 2.12 bits per heavy atom. The third-order valence-electron chi connectivity index (χ3n) is 4.96. The average Bonchev–Trinajstić information content (AvgIpc) is 3.14. The van der Waals surface area contributed by atoms with Gasteiger partial charge in [0.05, 0.1) is 19.8 Å². The highest BCUT2D eigenvalue weighted by Gasteiger charge is 2.25. The molecule has 0 amide bonds. The van der Waals surface area contributed by atoms with Crippen LogP contribution in [-0.4, -0.2) is 77.6 Å². The van der Waals surface area contributed by atoms with Crippen molar-refractivity contribution >= 4 is 11.6 Å². The van der Waals surface area contributed by atoms with Crippen LogP contribution in [0.1, 0.15) is 13.3 Å². The van der Waals surface area contributed by atoms with Crippen molar-refractivity contribution in [3.8, 4) is 0 Å². The largest absolute Gasteiger partial charge is 0.382 e. The van der Waals surface area contributed by atoms with Crippen LogP contribution in [0.25, 0.3) is 0 Å². The molecule has 1 N–H and O–H groups in total. The molecule has 146 valence electrons. The van der Waals surface area contributed by atoms with E-state index in [0.29, 0.717) is 25.2 Å². The van der Waals surface area contributed by atoms with Gasteiger partial charge in [-0.05, 0) is 25.5 Å². The first-order valence-electron chi connectivity index (χ1n) is 9.45. The van der Waals surface area contributed by atoms with Gasteiger partial charge in [0.15, 0.2) is 5.96 Å². The maximum Gasteiger partial charge on any atom is 0.193 e. The minimum atomic E-state index is 0.366. The summed E-state index contributed by atoms with van der Waals surface area (Å²) in [4.78, 5) is 9.09. The normalized spacial score (nSPS) is 18.8. The van der Waals surface area contributed by atoms with Crippen LogP contribution in [0, 0.1) is 5.92 Å². The predicted octanol–water partition coefficient (Wildman–Crippen LogP) is 2.07. The predicted molar refractivity (Wildman–Crippen MR) is 108 cm³/mol. The van der Waals surface area contributed by atoms with Gasteiger partial charge >= 0.3 is 0 Å². The average molecular weight is 363 g/mol. The third-order valence-corrected chi connectivity index (χ3v) is 4.96. The zero-order valence-corrected chi connectivity index (χ0v) is 16.6. The van der Waals surface area contributed by atoms with E-state index in [1.54, 1.807) is 7.11 Å². The molecular weight excluding hydrogens is 328 g/mol. The number of hydrogen-bond acceptors (Lipinski definition) is 4. The number of para-hydroxylation sites is 1. The van der Waals surface area contributed by atoms with Crippen molar-refractivity contribution in [2.45, 2.75) is 19.4 Å². The standard InChI is InChI=1S/C20H34N4O2/c1-17(23(3)19-8-6-5-7-9-19)14-22-20(21-2)24-11-10-18(15-24)16-26-13-12-25-4/h5-9,17-18H,10-16H2,1-4H3,(H,21,22). The summed E-state index contributed by atoms with van der Waals surface area (Å²) < 4.78 is 10.7. The van der Waals surface area contributed by atoms with Crippen molar-refractivity contribution in [2.75, 3.05) is 65.6 Å². The highest BCUT2D eigenvalue weighted by molar-refractivity contribution is 5.80. The van der Waals surface area contributed by atoms with E-state index in [1.807, 2.05) is 13.1 Å². The summed E-state index contributed by atoms with van der Waals surface area (Å²) in [5.74, 6) is 1.55. The second-order valence-electron chi connectivity index (χ2n) is 6.89. The summed E-state index contributed by atoms with van der Waals surface area (Å²) in [6.45, 7) is 7.23. The van der Waals surface area contributed by atoms with Gasteiger partial charge in [0.1, 0.15) is 0 Å². The van der Waals surface area contributed by atoms with Crippen LogP contribution in [0.2, 0.25) is 0 Å². The van der Waals surface area contributed by atoms with E-state index in [0.717, 1.165) is 38.6 Å². The Morgan fingerprint density at radius 1 is 1.35 bits per heavy atom. The van der Waals surface area contributed by atoms with E-state index >= 15 is 0 Å². The molecule has 1 aromatic rings. The summed E-state index contributed by atoms with van der Waals surface area (Å²) in [5, 5.41) is 3.53. The quantitative estimate of drug-likeness (QED) is 0.414. The summed E-state index contributed by atoms with van der Waals surface area (Å²) in [6.07, 6.45) is 1.15. The van der Waals surface area contributed by atoms with E-state index in [2.05, 4.69) is 58.3 Å². The maximum absolute atomic E-state index is 5.68. The number of benzene rings is 1. The van der Waals surface area contributed by atoms with E-state index in [4.69, 9.17) is 9.47 Å². The Labute approximate surface area is 158 Å². The molecule has 6 nitrogen and oxygen atoms in total. The number of rotatable bonds is 9. The third kappa shape index (κ3) is 6.18. The lowest BCUT2D eigenvalue weighted by Gasteiger charge is -2.29. The molecule has 1 aliphatic rings. The number of likely N-dealkylation sites (N-methyl/N-ethyl adjacent to an activating group) is 1. The van der Waals surface area contributed by atoms with Gasteiger partial charge in [0.25, 0.3) is 0 Å². The molecule has 0 saturated carbocycles. The van der Waals surface area contributed by atoms with Crippen molar-refractivity contribution in [3.63, 3.8) is 0 Å². The van der Waals surface area contributed by atoms with Crippen LogP contribution in [-0.2, 0) is 9.47 Å². The van der Waals surface area contributed by atoms with Gasteiger partial charge < -0.3 is 24.6 Å². The summed E-state index contributed by atoms with van der Waals surface area (Å²) in [5.41, 5.74) is 1.23. The Kier molecular flexibility index (Phi) is 8.71. The molecule has 0 radical (unpaired) electrons. The van der Waals surface area contributed by atoms with Crippen LogP contribution in [0.5, 0.6) is 0 Å². The molecule has 1 saturated heterocycles. The van der Waals surface area contributed by atoms with Gasteiger partial charge in [0.2, 0.25) is 0 Å². The van der Waals surface area contributed by atoms with Crippen molar-refractivity contribution in [3.05, 3.63) is 30.3 Å². The van der Waals surface area contributed by atoms with Crippen LogP contribution in [0.4, 0.5) is 5.69 Å². The van der Waals surface area contributed by atoms with E-state index < -0.39 is 0 Å². The van der Waals surface area contributed by atoms with Crippen LogP contribution in [0.3, 0.4) is 0 Å². The number of nitrogens with zero attached hydrogens (tertiary/aromatic N) is 3. The maximum atomic E-state index is 5.68. The molecule has 0 bridgehead atoms. The number of likely N-dealkylation sites (tertiary alicyclic amines) is 1. The van der Waals surface area contributed by atoms with Crippen LogP contribution in [0.15, 0.2) is 35.3 Å². The minimum absolute atomic E-state index is 0.366. The smallest absolute Gasteiger partial charge is 0.193 e. The lowest BCUT2D eigenvalue weighted by atomic mass is 10.1. The lowest BCUT2D eigenvalue weighted by Crippen LogP contribution is -2.46. The van der Waals surface area contributed by atoms with Crippen molar-refractivity contribution in [2.24, 2.45) is 10.9 Å². The number of nitrogens with one attached hydrogen (secondary N) is 1. The number of ether oxygens (including phenoxy) is 2. The van der Waals surface area contributed by atoms with Gasteiger partial charge in [0, 0.05) is 58.5 Å². The SMILES string of the molecule is CN=C(NCC(C)N(C)c1ccccc1)N1CCC(COCCOC)C1. The number of methoxy groups -OCH3 is 1. The fourth-order valence-corrected chi connectivity index (χ4v) is 3.18. The van der Waals surface area contributed by atoms with E-state index in [1.165, 1.54) is 5.69 Å². The second-order valence-corrected chi connectivity index (χ2v) is 6.89. The van der Waals surface area contributed by atoms with E-state index in [9.17, 15) is 0 Å². The molecule has 26 heavy (non-hydrogen) atoms. The molecule has 2 atom stereocenters. The van der Waals surface area contributed by atoms with Gasteiger partial charge in [-0.2, -0.15) is 0 Å². The summed E-state index contributed by atoms with van der Waals surface area (Å²) in [6, 6.07) is 10.8. The molecule has 1 fully saturated rings. The second kappa shape index (κ2) is 11.0. The summed E-state index contributed by atoms with van der Waals surface area (Å²) in [7, 11) is 5.69. The first-order valence-corrected chi connectivity index (χ1v) is 9.45. The number of anilines is 1. The molecule has 6 heteroatoms. The number of aliphatic imine (C=N–C) groups is 1. The van der Waals surface area contributed by atoms with Gasteiger partial charge in [-0.1, -0.05) is 18.2 Å². The molecule has 1 aromatic carbocycles. The van der Waals surface area contributed by atoms with Crippen LogP contribution < -0.4 is 10.2 Å². The Balaban J connectivity index is 1.75. The minimum Gasteiger partial charge on any atom is -0.382 e. The fraction of sp³-hybridized carbons (Fsp3) is 0.650. The highest BCUT2D eigenvalue weighted by atomic mass is 16.5. The monoisotopic (exact) mass is 362 g/mol. The highest BCUT2D eigenvalue weighted by Crippen LogP contribution is 2.17. The molecule has 0 aromatic heterocycles. The van der Waals surface area contributed by atoms with Crippen molar-refractivity contribution in [1.29, 1.82) is 0 Å². The zero-order valence-electron chi connectivity index (χ0n) is 16.6. The fourth-order valence-electron chi connectivity index (χ4n) is 3.18. The van der Waals surface area contributed by atoms with Crippen LogP contribution >= 0.6 is 0 Å². The Bertz CT molecular complexity index is 538. The molecule has 2 rings (SSSR count).